The van der Waals surface area contributed by atoms with Crippen LogP contribution in [0.1, 0.15) is 17.5 Å². The number of fused-ring (bicyclic) bond motifs is 1. The van der Waals surface area contributed by atoms with E-state index in [0.717, 1.165) is 11.1 Å². The summed E-state index contributed by atoms with van der Waals surface area (Å²) in [7, 11) is 3.19. The summed E-state index contributed by atoms with van der Waals surface area (Å²) in [4.78, 5) is 12.1. The summed E-state index contributed by atoms with van der Waals surface area (Å²) in [6, 6.07) is 9.44. The van der Waals surface area contributed by atoms with E-state index >= 15 is 0 Å². The summed E-state index contributed by atoms with van der Waals surface area (Å²) in [5, 5.41) is 3.48. The summed E-state index contributed by atoms with van der Waals surface area (Å²) in [6.07, 6.45) is 1.69. The number of amides is 1. The van der Waals surface area contributed by atoms with Crippen LogP contribution in [-0.2, 0) is 17.6 Å². The fourth-order valence-electron chi connectivity index (χ4n) is 3.04. The molecule has 0 fully saturated rings. The number of ether oxygens (including phenoxy) is 4. The number of nitrogens with one attached hydrogen (secondary N) is 1. The van der Waals surface area contributed by atoms with Gasteiger partial charge in [0, 0.05) is 13.0 Å². The molecule has 28 heavy (non-hydrogen) atoms. The minimum atomic E-state index is -0.00146. The first-order chi connectivity index (χ1) is 13.6. The van der Waals surface area contributed by atoms with E-state index in [0.29, 0.717) is 67.0 Å². The van der Waals surface area contributed by atoms with Gasteiger partial charge in [0.05, 0.1) is 19.2 Å². The maximum Gasteiger partial charge on any atom is 0.220 e. The van der Waals surface area contributed by atoms with Crippen LogP contribution in [0.15, 0.2) is 30.3 Å². The van der Waals surface area contributed by atoms with Gasteiger partial charge in [0.1, 0.15) is 13.2 Å². The second-order valence-corrected chi connectivity index (χ2v) is 6.80. The fourth-order valence-corrected chi connectivity index (χ4v) is 3.33. The normalized spacial score (nSPS) is 12.4. The second kappa shape index (κ2) is 9.55. The number of halogens is 1. The Morgan fingerprint density at radius 1 is 1.04 bits per heavy atom. The van der Waals surface area contributed by atoms with E-state index in [1.807, 2.05) is 30.3 Å². The smallest absolute Gasteiger partial charge is 0.220 e. The van der Waals surface area contributed by atoms with Crippen LogP contribution >= 0.6 is 11.6 Å². The van der Waals surface area contributed by atoms with Gasteiger partial charge in [-0.3, -0.25) is 4.79 Å². The van der Waals surface area contributed by atoms with E-state index in [1.165, 1.54) is 0 Å². The summed E-state index contributed by atoms with van der Waals surface area (Å²) in [5.74, 6) is 2.59. The highest BCUT2D eigenvalue weighted by atomic mass is 35.5. The van der Waals surface area contributed by atoms with Gasteiger partial charge in [-0.1, -0.05) is 17.7 Å². The minimum absolute atomic E-state index is 0.00146. The van der Waals surface area contributed by atoms with E-state index < -0.39 is 0 Å². The van der Waals surface area contributed by atoms with Crippen LogP contribution in [0, 0.1) is 0 Å². The number of carbonyl (C=O) groups is 1. The van der Waals surface area contributed by atoms with Crippen LogP contribution < -0.4 is 24.3 Å². The summed E-state index contributed by atoms with van der Waals surface area (Å²) >= 11 is 6.24. The highest BCUT2D eigenvalue weighted by Crippen LogP contribution is 2.38. The molecule has 1 aliphatic heterocycles. The predicted octanol–water partition coefficient (Wildman–Crippen LogP) is 3.42. The van der Waals surface area contributed by atoms with Crippen molar-refractivity contribution >= 4 is 17.5 Å². The molecular weight excluding hydrogens is 382 g/mol. The molecule has 0 saturated heterocycles. The van der Waals surface area contributed by atoms with Crippen molar-refractivity contribution in [3.05, 3.63) is 46.5 Å². The molecule has 3 rings (SSSR count). The lowest BCUT2D eigenvalue weighted by Gasteiger charge is -2.20. The lowest BCUT2D eigenvalue weighted by atomic mass is 10.1. The predicted molar refractivity (Wildman–Crippen MR) is 107 cm³/mol. The number of carbonyl (C=O) groups excluding carboxylic acids is 1. The molecule has 150 valence electrons. The molecule has 7 heteroatoms. The van der Waals surface area contributed by atoms with Crippen LogP contribution in [0.2, 0.25) is 5.02 Å². The Morgan fingerprint density at radius 3 is 2.61 bits per heavy atom. The van der Waals surface area contributed by atoms with Gasteiger partial charge in [0.2, 0.25) is 5.91 Å². The summed E-state index contributed by atoms with van der Waals surface area (Å²) in [5.41, 5.74) is 2.01. The summed E-state index contributed by atoms with van der Waals surface area (Å²) in [6.45, 7) is 1.54. The maximum atomic E-state index is 12.1. The fraction of sp³-hybridized carbons (Fsp3) is 0.381. The third-order valence-electron chi connectivity index (χ3n) is 4.48. The number of rotatable bonds is 8. The molecule has 1 heterocycles. The van der Waals surface area contributed by atoms with Crippen LogP contribution in [0.25, 0.3) is 0 Å². The van der Waals surface area contributed by atoms with Crippen molar-refractivity contribution in [2.45, 2.75) is 19.3 Å². The van der Waals surface area contributed by atoms with Gasteiger partial charge < -0.3 is 24.3 Å². The quantitative estimate of drug-likeness (QED) is 0.729. The zero-order chi connectivity index (χ0) is 19.9. The zero-order valence-electron chi connectivity index (χ0n) is 16.0. The van der Waals surface area contributed by atoms with Crippen LogP contribution in [0.3, 0.4) is 0 Å². The summed E-state index contributed by atoms with van der Waals surface area (Å²) < 4.78 is 21.6. The Morgan fingerprint density at radius 2 is 1.82 bits per heavy atom. The van der Waals surface area contributed by atoms with Gasteiger partial charge in [-0.05, 0) is 48.2 Å². The van der Waals surface area contributed by atoms with Gasteiger partial charge >= 0.3 is 0 Å². The van der Waals surface area contributed by atoms with Gasteiger partial charge in [-0.15, -0.1) is 0 Å². The van der Waals surface area contributed by atoms with Crippen molar-refractivity contribution in [2.75, 3.05) is 34.0 Å². The Balaban J connectivity index is 1.47. The Hall–Kier alpha value is -2.60. The number of hydrogen-bond donors (Lipinski definition) is 1. The van der Waals surface area contributed by atoms with Crippen LogP contribution in [0.4, 0.5) is 0 Å². The topological polar surface area (TPSA) is 66.0 Å². The van der Waals surface area contributed by atoms with E-state index in [9.17, 15) is 4.79 Å². The monoisotopic (exact) mass is 405 g/mol. The molecule has 0 aliphatic carbocycles. The van der Waals surface area contributed by atoms with Gasteiger partial charge in [0.15, 0.2) is 23.0 Å². The maximum absolute atomic E-state index is 12.1. The first-order valence-electron chi connectivity index (χ1n) is 9.16. The highest BCUT2D eigenvalue weighted by Gasteiger charge is 2.16. The second-order valence-electron chi connectivity index (χ2n) is 6.39. The molecule has 0 radical (unpaired) electrons. The molecule has 2 aromatic carbocycles. The molecule has 2 aromatic rings. The van der Waals surface area contributed by atoms with Crippen LogP contribution in [-0.4, -0.2) is 39.9 Å². The molecule has 0 bridgehead atoms. The molecule has 0 spiro atoms. The minimum Gasteiger partial charge on any atom is -0.493 e. The van der Waals surface area contributed by atoms with Crippen molar-refractivity contribution in [2.24, 2.45) is 0 Å². The lowest BCUT2D eigenvalue weighted by molar-refractivity contribution is -0.121. The third-order valence-corrected chi connectivity index (χ3v) is 4.76. The van der Waals surface area contributed by atoms with E-state index in [4.69, 9.17) is 30.5 Å². The molecule has 0 aromatic heterocycles. The van der Waals surface area contributed by atoms with E-state index in [2.05, 4.69) is 5.32 Å². The standard InChI is InChI=1S/C21H24ClNO5/c1-25-17-5-3-14(12-18(17)26-2)4-6-20(24)23-8-7-15-11-16(22)21-19(13-15)27-9-10-28-21/h3,5,11-13H,4,6-10H2,1-2H3,(H,23,24). The van der Waals surface area contributed by atoms with Crippen molar-refractivity contribution in [1.82, 2.24) is 5.32 Å². The van der Waals surface area contributed by atoms with Crippen molar-refractivity contribution < 1.29 is 23.7 Å². The zero-order valence-corrected chi connectivity index (χ0v) is 16.8. The molecular formula is C21H24ClNO5. The molecule has 1 aliphatic rings. The Labute approximate surface area is 169 Å². The SMILES string of the molecule is COc1ccc(CCC(=O)NCCc2cc(Cl)c3c(c2)OCCO3)cc1OC. The average Bonchev–Trinajstić information content (AvgIpc) is 2.72. The van der Waals surface area contributed by atoms with Gasteiger partial charge in [0.25, 0.3) is 0 Å². The molecule has 0 saturated carbocycles. The number of methoxy groups -OCH3 is 2. The molecule has 1 amide bonds. The van der Waals surface area contributed by atoms with E-state index in [1.54, 1.807) is 14.2 Å². The van der Waals surface area contributed by atoms with Crippen molar-refractivity contribution in [3.8, 4) is 23.0 Å². The van der Waals surface area contributed by atoms with Crippen molar-refractivity contribution in [3.63, 3.8) is 0 Å². The number of hydrogen-bond acceptors (Lipinski definition) is 5. The highest BCUT2D eigenvalue weighted by molar-refractivity contribution is 6.32. The number of aryl methyl sites for hydroxylation is 1. The first kappa shape index (κ1) is 20.1. The Bertz CT molecular complexity index is 840. The number of benzene rings is 2. The third kappa shape index (κ3) is 5.01. The van der Waals surface area contributed by atoms with Gasteiger partial charge in [-0.25, -0.2) is 0 Å². The first-order valence-corrected chi connectivity index (χ1v) is 9.54. The van der Waals surface area contributed by atoms with Crippen LogP contribution in [0.5, 0.6) is 23.0 Å². The lowest BCUT2D eigenvalue weighted by Crippen LogP contribution is -2.26. The molecule has 0 unspecified atom stereocenters. The Kier molecular flexibility index (Phi) is 6.87. The van der Waals surface area contributed by atoms with Crippen molar-refractivity contribution in [1.29, 1.82) is 0 Å². The largest absolute Gasteiger partial charge is 0.493 e. The molecule has 6 nitrogen and oxygen atoms in total. The molecule has 0 atom stereocenters. The van der Waals surface area contributed by atoms with E-state index in [-0.39, 0.29) is 5.91 Å². The average molecular weight is 406 g/mol. The molecule has 1 N–H and O–H groups in total. The van der Waals surface area contributed by atoms with Gasteiger partial charge in [-0.2, -0.15) is 0 Å².